The van der Waals surface area contributed by atoms with Crippen LogP contribution in [0.2, 0.25) is 5.02 Å². The summed E-state index contributed by atoms with van der Waals surface area (Å²) in [4.78, 5) is 9.70. The first-order valence-electron chi connectivity index (χ1n) is 9.69. The second kappa shape index (κ2) is 6.65. The van der Waals surface area contributed by atoms with Crippen molar-refractivity contribution in [2.45, 2.75) is 42.8 Å². The van der Waals surface area contributed by atoms with E-state index in [2.05, 4.69) is 28.9 Å². The molecule has 2 aliphatic carbocycles. The molecule has 7 heteroatoms. The van der Waals surface area contributed by atoms with Gasteiger partial charge in [-0.15, -0.1) is 11.8 Å². The molecule has 146 valence electrons. The lowest BCUT2D eigenvalue weighted by molar-refractivity contribution is 0.294. The second-order valence-electron chi connectivity index (χ2n) is 7.87. The molecule has 28 heavy (non-hydrogen) atoms. The first-order valence-corrected chi connectivity index (χ1v) is 11.3. The lowest BCUT2D eigenvalue weighted by Crippen LogP contribution is -2.50. The van der Waals surface area contributed by atoms with Gasteiger partial charge in [-0.25, -0.2) is 4.98 Å². The second-order valence-corrected chi connectivity index (χ2v) is 9.07. The molecule has 0 amide bonds. The molecule has 2 aliphatic rings. The van der Waals surface area contributed by atoms with Crippen LogP contribution in [0.15, 0.2) is 35.6 Å². The van der Waals surface area contributed by atoms with Gasteiger partial charge in [-0.3, -0.25) is 13.9 Å². The highest BCUT2D eigenvalue weighted by atomic mass is 35.5. The predicted molar refractivity (Wildman–Crippen MR) is 116 cm³/mol. The van der Waals surface area contributed by atoms with Crippen molar-refractivity contribution in [1.29, 1.82) is 0 Å². The van der Waals surface area contributed by atoms with Crippen LogP contribution < -0.4 is 9.22 Å². The highest BCUT2D eigenvalue weighted by Crippen LogP contribution is 2.50. The Hall–Kier alpha value is -1.76. The van der Waals surface area contributed by atoms with Gasteiger partial charge in [0.25, 0.3) is 0 Å². The Bertz CT molecular complexity index is 1050. The van der Waals surface area contributed by atoms with Crippen LogP contribution in [0.1, 0.15) is 25.7 Å². The topological polar surface area (TPSA) is 39.4 Å². The molecule has 5 rings (SSSR count). The van der Waals surface area contributed by atoms with E-state index in [0.29, 0.717) is 17.1 Å². The third-order valence-corrected chi connectivity index (χ3v) is 7.15. The summed E-state index contributed by atoms with van der Waals surface area (Å²) in [6, 6.07) is 7.13. The third-order valence-electron chi connectivity index (χ3n) is 6.18. The van der Waals surface area contributed by atoms with Crippen LogP contribution >= 0.6 is 23.4 Å². The van der Waals surface area contributed by atoms with Crippen LogP contribution in [0.5, 0.6) is 5.75 Å². The number of ether oxygens (including phenoxy) is 1. The number of hydrogen-bond acceptors (Lipinski definition) is 4. The number of thioether (sulfide) groups is 1. The number of fused-ring (bicyclic) bond motifs is 1. The van der Waals surface area contributed by atoms with E-state index >= 15 is 0 Å². The van der Waals surface area contributed by atoms with Crippen molar-refractivity contribution in [2.75, 3.05) is 20.4 Å². The molecule has 2 saturated carbocycles. The van der Waals surface area contributed by atoms with Gasteiger partial charge in [0, 0.05) is 43.6 Å². The maximum atomic E-state index is 6.57. The van der Waals surface area contributed by atoms with E-state index in [4.69, 9.17) is 21.3 Å². The molecular weight excluding hydrogens is 392 g/mol. The van der Waals surface area contributed by atoms with Crippen LogP contribution in [0.4, 0.5) is 5.82 Å². The molecule has 0 unspecified atom stereocenters. The van der Waals surface area contributed by atoms with E-state index in [-0.39, 0.29) is 0 Å². The number of benzene rings is 1. The monoisotopic (exact) mass is 415 g/mol. The number of aromatic nitrogens is 3. The smallest absolute Gasteiger partial charge is 0.247 e. The lowest BCUT2D eigenvalue weighted by atomic mass is 10.1. The number of quaternary nitrogens is 1. The quantitative estimate of drug-likeness (QED) is 0.417. The zero-order chi connectivity index (χ0) is 19.5. The average molecular weight is 416 g/mol. The number of halogens is 1. The van der Waals surface area contributed by atoms with E-state index < -0.39 is 0 Å². The molecule has 0 aliphatic heterocycles. The van der Waals surface area contributed by atoms with E-state index in [1.807, 2.05) is 24.4 Å². The van der Waals surface area contributed by atoms with Gasteiger partial charge in [-0.1, -0.05) is 11.6 Å². The fraction of sp³-hybridized carbons (Fsp3) is 0.429. The summed E-state index contributed by atoms with van der Waals surface area (Å²) >= 11 is 8.29. The Morgan fingerprint density at radius 1 is 1.21 bits per heavy atom. The van der Waals surface area contributed by atoms with Crippen molar-refractivity contribution in [3.63, 3.8) is 0 Å². The molecule has 2 aromatic heterocycles. The normalized spacial score (nSPS) is 17.3. The minimum Gasteiger partial charge on any atom is -0.497 e. The van der Waals surface area contributed by atoms with Crippen LogP contribution in [0, 0.1) is 0 Å². The highest BCUT2D eigenvalue weighted by molar-refractivity contribution is 7.98. The Kier molecular flexibility index (Phi) is 4.34. The SMILES string of the molecule is COc1ccc(-c2nccn3c([N+](C)(C4CC4)C4CC4)c(SC)nc23)c(Cl)c1. The molecule has 0 saturated heterocycles. The van der Waals surface area contributed by atoms with Crippen molar-refractivity contribution in [1.82, 2.24) is 18.9 Å². The summed E-state index contributed by atoms with van der Waals surface area (Å²) in [5.74, 6) is 2.04. The van der Waals surface area contributed by atoms with Crippen LogP contribution in [-0.2, 0) is 0 Å². The van der Waals surface area contributed by atoms with Gasteiger partial charge in [-0.2, -0.15) is 0 Å². The van der Waals surface area contributed by atoms with Gasteiger partial charge in [-0.05, 0) is 24.5 Å². The summed E-state index contributed by atoms with van der Waals surface area (Å²) < 4.78 is 8.55. The van der Waals surface area contributed by atoms with E-state index in [1.165, 1.54) is 31.5 Å². The first-order chi connectivity index (χ1) is 13.6. The molecule has 0 spiro atoms. The number of imidazole rings is 1. The Morgan fingerprint density at radius 3 is 2.50 bits per heavy atom. The van der Waals surface area contributed by atoms with Crippen LogP contribution in [0.25, 0.3) is 16.9 Å². The molecule has 2 fully saturated rings. The average Bonchev–Trinajstić information content (AvgIpc) is 3.61. The van der Waals surface area contributed by atoms with Crippen molar-refractivity contribution in [3.8, 4) is 17.0 Å². The van der Waals surface area contributed by atoms with Crippen molar-refractivity contribution in [2.24, 2.45) is 0 Å². The maximum absolute atomic E-state index is 6.57. The summed E-state index contributed by atoms with van der Waals surface area (Å²) in [6.45, 7) is 0. The van der Waals surface area contributed by atoms with E-state index in [1.54, 1.807) is 18.9 Å². The Morgan fingerprint density at radius 2 is 1.93 bits per heavy atom. The van der Waals surface area contributed by atoms with Crippen molar-refractivity contribution >= 4 is 34.8 Å². The van der Waals surface area contributed by atoms with E-state index in [0.717, 1.165) is 32.2 Å². The number of hydrogen-bond donors (Lipinski definition) is 0. The summed E-state index contributed by atoms with van der Waals surface area (Å²) in [5.41, 5.74) is 2.57. The number of methoxy groups -OCH3 is 1. The molecule has 0 atom stereocenters. The zero-order valence-electron chi connectivity index (χ0n) is 16.4. The summed E-state index contributed by atoms with van der Waals surface area (Å²) in [7, 11) is 4.05. The molecular formula is C21H24ClN4OS+. The molecule has 3 aromatic rings. The minimum atomic E-state index is 0.622. The van der Waals surface area contributed by atoms with Gasteiger partial charge >= 0.3 is 0 Å². The van der Waals surface area contributed by atoms with Crippen LogP contribution in [0.3, 0.4) is 0 Å². The fourth-order valence-corrected chi connectivity index (χ4v) is 5.31. The van der Waals surface area contributed by atoms with Crippen molar-refractivity contribution in [3.05, 3.63) is 35.6 Å². The predicted octanol–water partition coefficient (Wildman–Crippen LogP) is 5.04. The largest absolute Gasteiger partial charge is 0.497 e. The molecule has 0 N–H and O–H groups in total. The Balaban J connectivity index is 1.73. The summed E-state index contributed by atoms with van der Waals surface area (Å²) in [5, 5.41) is 1.72. The van der Waals surface area contributed by atoms with Crippen LogP contribution in [-0.4, -0.2) is 46.9 Å². The first kappa shape index (κ1) is 18.3. The van der Waals surface area contributed by atoms with E-state index in [9.17, 15) is 0 Å². The lowest BCUT2D eigenvalue weighted by Gasteiger charge is -2.34. The highest BCUT2D eigenvalue weighted by Gasteiger charge is 2.55. The zero-order valence-corrected chi connectivity index (χ0v) is 17.9. The maximum Gasteiger partial charge on any atom is 0.247 e. The Labute approximate surface area is 174 Å². The van der Waals surface area contributed by atoms with Gasteiger partial charge in [0.15, 0.2) is 10.7 Å². The molecule has 2 heterocycles. The minimum absolute atomic E-state index is 0.622. The molecule has 0 radical (unpaired) electrons. The van der Waals surface area contributed by atoms with Gasteiger partial charge in [0.05, 0.1) is 31.3 Å². The molecule has 0 bridgehead atoms. The summed E-state index contributed by atoms with van der Waals surface area (Å²) in [6.07, 6.45) is 11.2. The van der Waals surface area contributed by atoms with Crippen molar-refractivity contribution < 1.29 is 4.74 Å². The molecule has 5 nitrogen and oxygen atoms in total. The fourth-order valence-electron chi connectivity index (χ4n) is 4.39. The third kappa shape index (κ3) is 2.73. The van der Waals surface area contributed by atoms with Gasteiger partial charge < -0.3 is 4.74 Å². The number of rotatable bonds is 6. The van der Waals surface area contributed by atoms with Gasteiger partial charge in [0.1, 0.15) is 11.4 Å². The standard InChI is InChI=1S/C21H24ClN4OS/c1-26(13-4-5-13,14-6-7-14)21-20(28-3)24-19-18(23-10-11-25(19)21)16-9-8-15(27-2)12-17(16)22/h8-14H,4-7H2,1-3H3/q+1. The van der Waals surface area contributed by atoms with Gasteiger partial charge in [0.2, 0.25) is 5.82 Å². The number of nitrogens with zero attached hydrogens (tertiary/aromatic N) is 4. The molecule has 1 aromatic carbocycles.